The van der Waals surface area contributed by atoms with Gasteiger partial charge in [-0.3, -0.25) is 9.78 Å². The predicted molar refractivity (Wildman–Crippen MR) is 77.6 cm³/mol. The van der Waals surface area contributed by atoms with Crippen molar-refractivity contribution >= 4 is 5.91 Å². The van der Waals surface area contributed by atoms with Gasteiger partial charge in [0.2, 0.25) is 0 Å². The van der Waals surface area contributed by atoms with Gasteiger partial charge in [0, 0.05) is 12.4 Å². The number of nitrogens with zero attached hydrogens (tertiary/aromatic N) is 1. The van der Waals surface area contributed by atoms with Crippen LogP contribution in [0.1, 0.15) is 33.1 Å². The van der Waals surface area contributed by atoms with E-state index in [-0.39, 0.29) is 17.6 Å². The summed E-state index contributed by atoms with van der Waals surface area (Å²) >= 11 is 0. The summed E-state index contributed by atoms with van der Waals surface area (Å²) in [5.74, 6) is -0.614. The molecule has 1 aliphatic carbocycles. The average molecular weight is 321 g/mol. The van der Waals surface area contributed by atoms with Crippen molar-refractivity contribution in [2.75, 3.05) is 0 Å². The Bertz CT molecular complexity index is 745. The first kappa shape index (κ1) is 15.5. The van der Waals surface area contributed by atoms with Gasteiger partial charge < -0.3 is 11.1 Å². The van der Waals surface area contributed by atoms with Crippen LogP contribution in [0.4, 0.5) is 13.2 Å². The number of aromatic nitrogens is 1. The van der Waals surface area contributed by atoms with Crippen LogP contribution >= 0.6 is 0 Å². The maximum atomic E-state index is 12.7. The molecule has 1 aliphatic rings. The minimum Gasteiger partial charge on any atom is -0.347 e. The van der Waals surface area contributed by atoms with Gasteiger partial charge in [0.1, 0.15) is 0 Å². The molecular formula is C16H14F3N3O. The van der Waals surface area contributed by atoms with Gasteiger partial charge in [-0.2, -0.15) is 13.2 Å². The summed E-state index contributed by atoms with van der Waals surface area (Å²) in [5, 5.41) is 2.70. The second-order valence-electron chi connectivity index (χ2n) is 5.47. The fourth-order valence-electron chi connectivity index (χ4n) is 2.74. The van der Waals surface area contributed by atoms with E-state index in [2.05, 4.69) is 10.3 Å². The number of pyridine rings is 1. The Morgan fingerprint density at radius 1 is 1.26 bits per heavy atom. The molecule has 0 fully saturated rings. The number of nitrogens with one attached hydrogen (secondary N) is 1. The van der Waals surface area contributed by atoms with E-state index in [1.54, 1.807) is 0 Å². The largest absolute Gasteiger partial charge is 0.417 e. The SMILES string of the molecule is N[C@@H]1c2ccccc2C[C@H]1NC(=O)c1cncc(C(F)(F)F)c1. The Morgan fingerprint density at radius 3 is 2.70 bits per heavy atom. The Kier molecular flexibility index (Phi) is 3.81. The van der Waals surface area contributed by atoms with Crippen LogP contribution in [0.2, 0.25) is 0 Å². The van der Waals surface area contributed by atoms with E-state index >= 15 is 0 Å². The first-order valence-electron chi connectivity index (χ1n) is 7.03. The number of hydrogen-bond acceptors (Lipinski definition) is 3. The van der Waals surface area contributed by atoms with Gasteiger partial charge in [-0.05, 0) is 23.6 Å². The highest BCUT2D eigenvalue weighted by atomic mass is 19.4. The highest BCUT2D eigenvalue weighted by Gasteiger charge is 2.33. The quantitative estimate of drug-likeness (QED) is 0.893. The Morgan fingerprint density at radius 2 is 2.00 bits per heavy atom. The first-order chi connectivity index (χ1) is 10.9. The van der Waals surface area contributed by atoms with E-state index in [9.17, 15) is 18.0 Å². The second kappa shape index (κ2) is 5.66. The normalized spacial score (nSPS) is 20.2. The molecule has 120 valence electrons. The molecule has 0 unspecified atom stereocenters. The van der Waals surface area contributed by atoms with Gasteiger partial charge in [0.25, 0.3) is 5.91 Å². The lowest BCUT2D eigenvalue weighted by Crippen LogP contribution is -2.40. The number of carbonyl (C=O) groups is 1. The molecular weight excluding hydrogens is 307 g/mol. The second-order valence-corrected chi connectivity index (χ2v) is 5.47. The molecule has 0 spiro atoms. The number of benzene rings is 1. The minimum absolute atomic E-state index is 0.136. The lowest BCUT2D eigenvalue weighted by molar-refractivity contribution is -0.137. The molecule has 2 aromatic rings. The summed E-state index contributed by atoms with van der Waals surface area (Å²) in [7, 11) is 0. The van der Waals surface area contributed by atoms with Gasteiger partial charge in [-0.15, -0.1) is 0 Å². The van der Waals surface area contributed by atoms with Gasteiger partial charge in [-0.25, -0.2) is 0 Å². The van der Waals surface area contributed by atoms with Gasteiger partial charge in [0.05, 0.1) is 23.2 Å². The van der Waals surface area contributed by atoms with E-state index in [0.29, 0.717) is 12.6 Å². The summed E-state index contributed by atoms with van der Waals surface area (Å²) in [4.78, 5) is 15.7. The highest BCUT2D eigenvalue weighted by molar-refractivity contribution is 5.94. The molecule has 1 aromatic carbocycles. The van der Waals surface area contributed by atoms with Crippen LogP contribution in [0.3, 0.4) is 0 Å². The Labute approximate surface area is 130 Å². The molecule has 1 heterocycles. The number of carbonyl (C=O) groups excluding carboxylic acids is 1. The molecule has 0 radical (unpaired) electrons. The molecule has 3 N–H and O–H groups in total. The van der Waals surface area contributed by atoms with Crippen molar-refractivity contribution in [3.05, 3.63) is 65.0 Å². The van der Waals surface area contributed by atoms with Crippen LogP contribution in [0.25, 0.3) is 0 Å². The highest BCUT2D eigenvalue weighted by Crippen LogP contribution is 2.30. The summed E-state index contributed by atoms with van der Waals surface area (Å²) in [6.45, 7) is 0. The summed E-state index contributed by atoms with van der Waals surface area (Å²) in [6, 6.07) is 7.61. The van der Waals surface area contributed by atoms with Crippen molar-refractivity contribution in [1.29, 1.82) is 0 Å². The Balaban J connectivity index is 1.76. The molecule has 0 aliphatic heterocycles. The fourth-order valence-corrected chi connectivity index (χ4v) is 2.74. The monoisotopic (exact) mass is 321 g/mol. The summed E-state index contributed by atoms with van der Waals surface area (Å²) in [6.07, 6.45) is -2.19. The topological polar surface area (TPSA) is 68.0 Å². The zero-order valence-corrected chi connectivity index (χ0v) is 12.0. The summed E-state index contributed by atoms with van der Waals surface area (Å²) in [5.41, 5.74) is 6.99. The average Bonchev–Trinajstić information content (AvgIpc) is 2.83. The van der Waals surface area contributed by atoms with E-state index in [4.69, 9.17) is 5.73 Å². The number of alkyl halides is 3. The first-order valence-corrected chi connectivity index (χ1v) is 7.03. The van der Waals surface area contributed by atoms with E-state index in [0.717, 1.165) is 23.4 Å². The molecule has 2 atom stereocenters. The van der Waals surface area contributed by atoms with Crippen molar-refractivity contribution in [2.45, 2.75) is 24.7 Å². The number of fused-ring (bicyclic) bond motifs is 1. The number of halogens is 3. The van der Waals surface area contributed by atoms with Crippen LogP contribution in [-0.4, -0.2) is 16.9 Å². The Hall–Kier alpha value is -2.41. The van der Waals surface area contributed by atoms with E-state index < -0.39 is 17.6 Å². The van der Waals surface area contributed by atoms with Crippen molar-refractivity contribution in [2.24, 2.45) is 5.73 Å². The minimum atomic E-state index is -4.54. The van der Waals surface area contributed by atoms with Crippen molar-refractivity contribution < 1.29 is 18.0 Å². The zero-order valence-electron chi connectivity index (χ0n) is 12.0. The van der Waals surface area contributed by atoms with Crippen molar-refractivity contribution in [3.8, 4) is 0 Å². The van der Waals surface area contributed by atoms with Gasteiger partial charge in [-0.1, -0.05) is 24.3 Å². The third kappa shape index (κ3) is 3.05. The zero-order chi connectivity index (χ0) is 16.6. The third-order valence-corrected chi connectivity index (χ3v) is 3.93. The van der Waals surface area contributed by atoms with Crippen molar-refractivity contribution in [3.63, 3.8) is 0 Å². The molecule has 0 saturated carbocycles. The van der Waals surface area contributed by atoms with Gasteiger partial charge in [0.15, 0.2) is 0 Å². The molecule has 7 heteroatoms. The maximum Gasteiger partial charge on any atom is 0.417 e. The summed E-state index contributed by atoms with van der Waals surface area (Å²) < 4.78 is 38.1. The van der Waals surface area contributed by atoms with E-state index in [1.165, 1.54) is 0 Å². The lowest BCUT2D eigenvalue weighted by Gasteiger charge is -2.18. The van der Waals surface area contributed by atoms with Crippen LogP contribution in [-0.2, 0) is 12.6 Å². The molecule has 23 heavy (non-hydrogen) atoms. The maximum absolute atomic E-state index is 12.7. The number of amides is 1. The van der Waals surface area contributed by atoms with E-state index in [1.807, 2.05) is 24.3 Å². The molecule has 3 rings (SSSR count). The fraction of sp³-hybridized carbons (Fsp3) is 0.250. The smallest absolute Gasteiger partial charge is 0.347 e. The molecule has 1 amide bonds. The molecule has 1 aromatic heterocycles. The number of nitrogens with two attached hydrogens (primary N) is 1. The van der Waals surface area contributed by atoms with Crippen molar-refractivity contribution in [1.82, 2.24) is 10.3 Å². The van der Waals surface area contributed by atoms with Gasteiger partial charge >= 0.3 is 6.18 Å². The molecule has 0 saturated heterocycles. The predicted octanol–water partition coefficient (Wildman–Crippen LogP) is 2.45. The third-order valence-electron chi connectivity index (χ3n) is 3.93. The number of hydrogen-bond donors (Lipinski definition) is 2. The van der Waals surface area contributed by atoms with Crippen LogP contribution in [0, 0.1) is 0 Å². The van der Waals surface area contributed by atoms with Crippen LogP contribution < -0.4 is 11.1 Å². The molecule has 0 bridgehead atoms. The lowest BCUT2D eigenvalue weighted by atomic mass is 10.1. The van der Waals surface area contributed by atoms with Crippen LogP contribution in [0.5, 0.6) is 0 Å². The number of rotatable bonds is 2. The molecule has 4 nitrogen and oxygen atoms in total. The van der Waals surface area contributed by atoms with Crippen LogP contribution in [0.15, 0.2) is 42.7 Å². The standard InChI is InChI=1S/C16H14F3N3O/c17-16(18,19)11-5-10(7-21-8-11)15(23)22-13-6-9-3-1-2-4-12(9)14(13)20/h1-5,7-8,13-14H,6,20H2,(H,22,23)/t13-,14-/m1/s1.